The third-order valence-electron chi connectivity index (χ3n) is 2.40. The Hall–Kier alpha value is -1.35. The highest BCUT2D eigenvalue weighted by Gasteiger charge is 2.14. The van der Waals surface area contributed by atoms with Crippen LogP contribution >= 0.6 is 22.6 Å². The highest BCUT2D eigenvalue weighted by atomic mass is 127. The Morgan fingerprint density at radius 2 is 1.79 bits per heavy atom. The monoisotopic (exact) mass is 389 g/mol. The highest BCUT2D eigenvalue weighted by Crippen LogP contribution is 2.17. The summed E-state index contributed by atoms with van der Waals surface area (Å²) in [5, 5.41) is 2.83. The van der Waals surface area contributed by atoms with Crippen LogP contribution in [0.4, 0.5) is 11.5 Å². The van der Waals surface area contributed by atoms with E-state index in [-0.39, 0.29) is 4.90 Å². The lowest BCUT2D eigenvalue weighted by Gasteiger charge is -2.08. The van der Waals surface area contributed by atoms with Gasteiger partial charge in [0.2, 0.25) is 0 Å². The van der Waals surface area contributed by atoms with Crippen LogP contribution in [0.15, 0.2) is 47.5 Å². The van der Waals surface area contributed by atoms with Gasteiger partial charge in [-0.1, -0.05) is 0 Å². The van der Waals surface area contributed by atoms with E-state index in [4.69, 9.17) is 0 Å². The molecule has 0 unspecified atom stereocenters. The molecule has 100 valence electrons. The number of anilines is 2. The molecule has 5 nitrogen and oxygen atoms in total. The van der Waals surface area contributed by atoms with Crippen molar-refractivity contribution in [3.05, 3.63) is 46.2 Å². The van der Waals surface area contributed by atoms with E-state index in [0.29, 0.717) is 11.5 Å². The number of sulfonamides is 1. The zero-order valence-corrected chi connectivity index (χ0v) is 13.1. The molecule has 0 aliphatic carbocycles. The first kappa shape index (κ1) is 14.1. The van der Waals surface area contributed by atoms with Crippen LogP contribution in [0.2, 0.25) is 0 Å². The van der Waals surface area contributed by atoms with Crippen molar-refractivity contribution in [1.82, 2.24) is 4.98 Å². The number of rotatable bonds is 4. The van der Waals surface area contributed by atoms with Crippen LogP contribution in [0, 0.1) is 3.57 Å². The maximum Gasteiger partial charge on any atom is 0.263 e. The SMILES string of the molecule is CNc1ccc(S(=O)(=O)Nc2ccc(I)cc2)cn1. The molecule has 0 atom stereocenters. The third kappa shape index (κ3) is 3.57. The fourth-order valence-corrected chi connectivity index (χ4v) is 2.78. The van der Waals surface area contributed by atoms with Crippen LogP contribution in [0.5, 0.6) is 0 Å². The molecule has 0 aliphatic heterocycles. The second-order valence-corrected chi connectivity index (χ2v) is 6.67. The highest BCUT2D eigenvalue weighted by molar-refractivity contribution is 14.1. The summed E-state index contributed by atoms with van der Waals surface area (Å²) in [6.45, 7) is 0. The molecule has 0 amide bonds. The number of aromatic nitrogens is 1. The normalized spacial score (nSPS) is 11.1. The lowest BCUT2D eigenvalue weighted by molar-refractivity contribution is 0.601. The van der Waals surface area contributed by atoms with Crippen LogP contribution in [-0.4, -0.2) is 20.4 Å². The smallest absolute Gasteiger partial charge is 0.263 e. The zero-order valence-electron chi connectivity index (χ0n) is 10.1. The summed E-state index contributed by atoms with van der Waals surface area (Å²) in [6.07, 6.45) is 1.32. The average Bonchev–Trinajstić information content (AvgIpc) is 2.41. The van der Waals surface area contributed by atoms with Gasteiger partial charge in [-0.15, -0.1) is 0 Å². The lowest BCUT2D eigenvalue weighted by atomic mass is 10.3. The molecule has 0 fully saturated rings. The Labute approximate surface area is 125 Å². The van der Waals surface area contributed by atoms with Crippen molar-refractivity contribution < 1.29 is 8.42 Å². The molecule has 0 spiro atoms. The Bertz CT molecular complexity index is 654. The minimum atomic E-state index is -3.59. The quantitative estimate of drug-likeness (QED) is 0.789. The first-order valence-corrected chi connectivity index (χ1v) is 8.00. The number of pyridine rings is 1. The van der Waals surface area contributed by atoms with Crippen LogP contribution in [0.25, 0.3) is 0 Å². The van der Waals surface area contributed by atoms with E-state index in [0.717, 1.165) is 3.57 Å². The van der Waals surface area contributed by atoms with Gasteiger partial charge in [0, 0.05) is 22.5 Å². The fourth-order valence-electron chi connectivity index (χ4n) is 1.42. The van der Waals surface area contributed by atoms with Gasteiger partial charge in [0.15, 0.2) is 0 Å². The van der Waals surface area contributed by atoms with Gasteiger partial charge in [-0.25, -0.2) is 13.4 Å². The first-order chi connectivity index (χ1) is 9.01. The Morgan fingerprint density at radius 1 is 1.11 bits per heavy atom. The minimum absolute atomic E-state index is 0.130. The number of hydrogen-bond donors (Lipinski definition) is 2. The molecule has 7 heteroatoms. The summed E-state index contributed by atoms with van der Waals surface area (Å²) in [4.78, 5) is 4.12. The summed E-state index contributed by atoms with van der Waals surface area (Å²) < 4.78 is 27.8. The van der Waals surface area contributed by atoms with Crippen LogP contribution in [-0.2, 0) is 10.0 Å². The fraction of sp³-hybridized carbons (Fsp3) is 0.0833. The molecule has 1 aromatic carbocycles. The molecule has 0 radical (unpaired) electrons. The number of benzene rings is 1. The molecule has 0 saturated carbocycles. The van der Waals surface area contributed by atoms with Crippen molar-refractivity contribution >= 4 is 44.1 Å². The summed E-state index contributed by atoms with van der Waals surface area (Å²) in [5.74, 6) is 0.619. The van der Waals surface area contributed by atoms with Crippen molar-refractivity contribution in [2.24, 2.45) is 0 Å². The van der Waals surface area contributed by atoms with Crippen molar-refractivity contribution in [2.45, 2.75) is 4.90 Å². The number of nitrogens with zero attached hydrogens (tertiary/aromatic N) is 1. The summed E-state index contributed by atoms with van der Waals surface area (Å²) in [5.41, 5.74) is 0.526. The molecule has 2 rings (SSSR count). The van der Waals surface area contributed by atoms with E-state index < -0.39 is 10.0 Å². The molecule has 19 heavy (non-hydrogen) atoms. The Morgan fingerprint density at radius 3 is 2.32 bits per heavy atom. The second kappa shape index (κ2) is 5.74. The second-order valence-electron chi connectivity index (χ2n) is 3.74. The Kier molecular flexibility index (Phi) is 4.25. The molecule has 0 saturated heterocycles. The van der Waals surface area contributed by atoms with Gasteiger partial charge in [0.05, 0.1) is 0 Å². The van der Waals surface area contributed by atoms with Gasteiger partial charge in [-0.3, -0.25) is 4.72 Å². The van der Waals surface area contributed by atoms with E-state index in [1.54, 1.807) is 25.2 Å². The lowest BCUT2D eigenvalue weighted by Crippen LogP contribution is -2.13. The maximum atomic E-state index is 12.1. The van der Waals surface area contributed by atoms with Gasteiger partial charge in [0.1, 0.15) is 10.7 Å². The molecule has 0 bridgehead atoms. The van der Waals surface area contributed by atoms with Gasteiger partial charge in [-0.2, -0.15) is 0 Å². The summed E-state index contributed by atoms with van der Waals surface area (Å²) in [7, 11) is -1.87. The first-order valence-electron chi connectivity index (χ1n) is 5.43. The van der Waals surface area contributed by atoms with Crippen molar-refractivity contribution in [1.29, 1.82) is 0 Å². The molecule has 2 aromatic rings. The molecule has 2 N–H and O–H groups in total. The number of nitrogens with one attached hydrogen (secondary N) is 2. The predicted molar refractivity (Wildman–Crippen MR) is 83.8 cm³/mol. The number of hydrogen-bond acceptors (Lipinski definition) is 4. The van der Waals surface area contributed by atoms with Crippen molar-refractivity contribution in [3.8, 4) is 0 Å². The summed E-state index contributed by atoms with van der Waals surface area (Å²) >= 11 is 2.16. The molecule has 1 aromatic heterocycles. The molecular formula is C12H12IN3O2S. The van der Waals surface area contributed by atoms with E-state index in [9.17, 15) is 8.42 Å². The third-order valence-corrected chi connectivity index (χ3v) is 4.48. The minimum Gasteiger partial charge on any atom is -0.373 e. The zero-order chi connectivity index (χ0) is 13.9. The van der Waals surface area contributed by atoms with Gasteiger partial charge >= 0.3 is 0 Å². The summed E-state index contributed by atoms with van der Waals surface area (Å²) in [6, 6.07) is 10.2. The van der Waals surface area contributed by atoms with Crippen molar-refractivity contribution in [3.63, 3.8) is 0 Å². The predicted octanol–water partition coefficient (Wildman–Crippen LogP) is 2.53. The van der Waals surface area contributed by atoms with Gasteiger partial charge in [-0.05, 0) is 59.0 Å². The van der Waals surface area contributed by atoms with Gasteiger partial charge in [0.25, 0.3) is 10.0 Å². The van der Waals surface area contributed by atoms with E-state index >= 15 is 0 Å². The van der Waals surface area contributed by atoms with E-state index in [1.165, 1.54) is 12.3 Å². The van der Waals surface area contributed by atoms with E-state index in [1.807, 2.05) is 12.1 Å². The van der Waals surface area contributed by atoms with Crippen molar-refractivity contribution in [2.75, 3.05) is 17.1 Å². The van der Waals surface area contributed by atoms with Crippen LogP contribution in [0.3, 0.4) is 0 Å². The maximum absolute atomic E-state index is 12.1. The largest absolute Gasteiger partial charge is 0.373 e. The average molecular weight is 389 g/mol. The van der Waals surface area contributed by atoms with Gasteiger partial charge < -0.3 is 5.32 Å². The molecule has 1 heterocycles. The topological polar surface area (TPSA) is 71.1 Å². The van der Waals surface area contributed by atoms with Crippen LogP contribution < -0.4 is 10.0 Å². The standard InChI is InChI=1S/C12H12IN3O2S/c1-14-12-7-6-11(8-15-12)19(17,18)16-10-4-2-9(13)3-5-10/h2-8,16H,1H3,(H,14,15). The Balaban J connectivity index is 2.24. The van der Waals surface area contributed by atoms with Crippen LogP contribution in [0.1, 0.15) is 0 Å². The van der Waals surface area contributed by atoms with E-state index in [2.05, 4.69) is 37.6 Å². The molecule has 0 aliphatic rings. The number of halogens is 1. The molecular weight excluding hydrogens is 377 g/mol.